The van der Waals surface area contributed by atoms with E-state index >= 15 is 33.6 Å². The summed E-state index contributed by atoms with van der Waals surface area (Å²) in [4.78, 5) is 207. The number of para-hydroxylation sites is 2. The van der Waals surface area contributed by atoms with Gasteiger partial charge in [0, 0.05) is 104 Å². The summed E-state index contributed by atoms with van der Waals surface area (Å²) in [5.74, 6) is -10.6. The lowest BCUT2D eigenvalue weighted by Gasteiger charge is -2.32. The number of carbonyl (C=O) groups is 13. The fraction of sp³-hybridized carbons (Fsp3) is 0.407. The van der Waals surface area contributed by atoms with Crippen LogP contribution in [0, 0.1) is 5.92 Å². The molecule has 0 unspecified atom stereocenters. The van der Waals surface area contributed by atoms with E-state index < -0.39 is 150 Å². The first-order chi connectivity index (χ1) is 57.2. The molecule has 33 heteroatoms. The van der Waals surface area contributed by atoms with Crippen LogP contribution in [0.4, 0.5) is 0 Å². The van der Waals surface area contributed by atoms with Crippen molar-refractivity contribution < 1.29 is 62.3 Å². The van der Waals surface area contributed by atoms with Crippen molar-refractivity contribution in [2.45, 2.75) is 196 Å². The van der Waals surface area contributed by atoms with Gasteiger partial charge >= 0.3 is 0 Å². The van der Waals surface area contributed by atoms with Crippen LogP contribution in [-0.2, 0) is 89.6 Å². The number of primary amides is 2. The van der Waals surface area contributed by atoms with Crippen molar-refractivity contribution in [3.05, 3.63) is 202 Å². The Hall–Kier alpha value is -12.1. The molecule has 8 aromatic rings. The molecule has 0 radical (unpaired) electrons. The second kappa shape index (κ2) is 43.4. The van der Waals surface area contributed by atoms with Crippen LogP contribution in [0.3, 0.4) is 0 Å². The SMILES string of the molecule is CCCC[C@H](NC(=O)[C@H](CC(C)C)NC(=O)[C@@H](Cc1c[nH]c2ccccc12)NC(=O)[C@H](Cc1ccccc1)NC(=O)[C@@H](Cc1c[nH]c2ccccc12)NC(=O)[C@H](CC(N)=O)NC(=O)[C@@H](Cc1ccc(Cl)c(Cl)c1)NC(=O)[C@@H]1CCCN1C(=O)[C@H](Cc1cccnc1)NC(=O)[C@@H]1CCCN1C(=O)[C@@H](CCCCN)NC(=O)c1cccnc1)C(N)=O. The van der Waals surface area contributed by atoms with Crippen molar-refractivity contribution in [2.24, 2.45) is 23.1 Å². The number of nitrogens with two attached hydrogens (primary N) is 3. The van der Waals surface area contributed by atoms with Gasteiger partial charge in [-0.25, -0.2) is 0 Å². The summed E-state index contributed by atoms with van der Waals surface area (Å²) in [5.41, 5.74) is 21.6. The Balaban J connectivity index is 0.910. The number of aromatic amines is 2. The van der Waals surface area contributed by atoms with E-state index in [0.29, 0.717) is 83.8 Å². The van der Waals surface area contributed by atoms with Crippen molar-refractivity contribution in [1.29, 1.82) is 0 Å². The fourth-order valence-corrected chi connectivity index (χ4v) is 15.4. The number of nitrogens with one attached hydrogen (secondary N) is 11. The first kappa shape index (κ1) is 89.3. The standard InChI is InChI=1S/C86H104Cl2N18O13/c1-4-5-25-63(75(91)108)96-77(110)65(38-50(2)3)98-80(113)68(43-55-48-94-61-26-11-9-23-57(55)61)100-78(111)66(40-51-19-7-6-8-20-51)99-81(114)69(44-56-49-95-62-27-12-10-24-58(56)62)101-82(115)70(45-74(90)107)102-79(112)67(41-52-31-32-59(87)60(88)39-52)103-83(116)72-29-18-37-106(72)86(119)71(42-53-21-15-34-92-46-53)104-84(117)73-30-17-36-105(73)85(118)64(28-13-14-33-89)97-76(109)54-22-16-35-93-47-54/h6-12,15-16,19-24,26-27,31-32,34-35,39,46-50,63-73,94-95H,4-5,13-14,17-18,25,28-30,33,36-38,40-45,89H2,1-3H3,(H2,90,107)(H2,91,108)(H,96,110)(H,97,109)(H,98,113)(H,99,114)(H,100,111)(H,101,115)(H,102,112)(H,103,116)(H,104,117)/t63-,64+,65-,66-,67+,68+,69+,70-,71-,72-,73-/m0/s1. The van der Waals surface area contributed by atoms with Crippen LogP contribution in [0.25, 0.3) is 21.8 Å². The number of H-pyrrole nitrogens is 2. The summed E-state index contributed by atoms with van der Waals surface area (Å²) in [6.07, 6.45) is 11.3. The molecule has 0 aliphatic carbocycles. The number of carbonyl (C=O) groups excluding carboxylic acids is 13. The molecule has 2 aliphatic rings. The van der Waals surface area contributed by atoms with E-state index in [-0.39, 0.29) is 98.8 Å². The molecule has 31 nitrogen and oxygen atoms in total. The molecule has 10 rings (SSSR count). The molecule has 0 spiro atoms. The smallest absolute Gasteiger partial charge is 0.253 e. The number of rotatable bonds is 42. The number of hydrogen-bond donors (Lipinski definition) is 14. The molecule has 11 atom stereocenters. The number of benzene rings is 4. The number of nitrogens with zero attached hydrogens (tertiary/aromatic N) is 4. The zero-order chi connectivity index (χ0) is 85.2. The zero-order valence-corrected chi connectivity index (χ0v) is 68.2. The van der Waals surface area contributed by atoms with E-state index in [1.165, 1.54) is 46.7 Å². The average Bonchev–Trinajstić information content (AvgIpc) is 1.73. The molecule has 6 heterocycles. The van der Waals surface area contributed by atoms with E-state index in [4.69, 9.17) is 40.4 Å². The molecule has 2 fully saturated rings. The number of halogens is 2. The number of amides is 13. The van der Waals surface area contributed by atoms with Crippen molar-refractivity contribution in [1.82, 2.24) is 77.6 Å². The Bertz CT molecular complexity index is 4900. The van der Waals surface area contributed by atoms with Crippen LogP contribution in [0.15, 0.2) is 159 Å². The van der Waals surface area contributed by atoms with E-state index in [1.807, 2.05) is 45.0 Å². The van der Waals surface area contributed by atoms with E-state index in [0.717, 1.165) is 10.9 Å². The molecule has 0 saturated carbocycles. The highest BCUT2D eigenvalue weighted by Gasteiger charge is 2.44. The quantitative estimate of drug-likeness (QED) is 0.0232. The molecule has 630 valence electrons. The zero-order valence-electron chi connectivity index (χ0n) is 66.7. The lowest BCUT2D eigenvalue weighted by molar-refractivity contribution is -0.144. The summed E-state index contributed by atoms with van der Waals surface area (Å²) in [6.45, 7) is 6.16. The molecule has 0 bridgehead atoms. The molecule has 2 saturated heterocycles. The number of fused-ring (bicyclic) bond motifs is 2. The number of aromatic nitrogens is 4. The number of likely N-dealkylation sites (tertiary alicyclic amines) is 2. The molecule has 17 N–H and O–H groups in total. The van der Waals surface area contributed by atoms with Gasteiger partial charge in [-0.05, 0) is 141 Å². The number of hydrogen-bond acceptors (Lipinski definition) is 16. The van der Waals surface area contributed by atoms with Gasteiger partial charge in [0.2, 0.25) is 70.9 Å². The Kier molecular flexibility index (Phi) is 32.5. The minimum absolute atomic E-state index is 0.0199. The summed E-state index contributed by atoms with van der Waals surface area (Å²) >= 11 is 12.9. The van der Waals surface area contributed by atoms with Crippen LogP contribution in [0.2, 0.25) is 10.0 Å². The van der Waals surface area contributed by atoms with Crippen molar-refractivity contribution in [2.75, 3.05) is 19.6 Å². The molecule has 4 aromatic heterocycles. The molecule has 13 amide bonds. The van der Waals surface area contributed by atoms with Crippen LogP contribution in [0.1, 0.15) is 136 Å². The maximum atomic E-state index is 15.6. The van der Waals surface area contributed by atoms with Gasteiger partial charge < -0.3 is 84.8 Å². The van der Waals surface area contributed by atoms with Gasteiger partial charge in [0.25, 0.3) is 5.91 Å². The van der Waals surface area contributed by atoms with Crippen LogP contribution in [0.5, 0.6) is 0 Å². The summed E-state index contributed by atoms with van der Waals surface area (Å²) in [6, 6.07) is 19.0. The lowest BCUT2D eigenvalue weighted by atomic mass is 9.99. The molecular weight excluding hydrogens is 1560 g/mol. The number of unbranched alkanes of at least 4 members (excludes halogenated alkanes) is 2. The highest BCUT2D eigenvalue weighted by atomic mass is 35.5. The van der Waals surface area contributed by atoms with Crippen molar-refractivity contribution in [3.8, 4) is 0 Å². The fourth-order valence-electron chi connectivity index (χ4n) is 15.1. The second-order valence-electron chi connectivity index (χ2n) is 30.6. The summed E-state index contributed by atoms with van der Waals surface area (Å²) in [5, 5.41) is 26.8. The minimum Gasteiger partial charge on any atom is -0.370 e. The molecular formula is C86H104Cl2N18O13. The highest BCUT2D eigenvalue weighted by molar-refractivity contribution is 6.42. The predicted octanol–water partition coefficient (Wildman–Crippen LogP) is 4.64. The third-order valence-corrected chi connectivity index (χ3v) is 22.0. The topological polar surface area (TPSA) is 472 Å². The van der Waals surface area contributed by atoms with Gasteiger partial charge in [-0.3, -0.25) is 72.3 Å². The first-order valence-electron chi connectivity index (χ1n) is 40.2. The third-order valence-electron chi connectivity index (χ3n) is 21.2. The first-order valence-corrected chi connectivity index (χ1v) is 41.0. The number of pyridine rings is 2. The van der Waals surface area contributed by atoms with Crippen LogP contribution in [-0.4, -0.2) is 193 Å². The Labute approximate surface area is 699 Å². The van der Waals surface area contributed by atoms with Gasteiger partial charge in [-0.2, -0.15) is 0 Å². The highest BCUT2D eigenvalue weighted by Crippen LogP contribution is 2.28. The van der Waals surface area contributed by atoms with Gasteiger partial charge in [0.05, 0.1) is 22.0 Å². The van der Waals surface area contributed by atoms with Gasteiger partial charge in [0.15, 0.2) is 0 Å². The molecule has 2 aliphatic heterocycles. The van der Waals surface area contributed by atoms with E-state index in [1.54, 1.807) is 97.3 Å². The van der Waals surface area contributed by atoms with E-state index in [9.17, 15) is 28.8 Å². The Morgan fingerprint density at radius 3 is 1.47 bits per heavy atom. The average molecular weight is 1670 g/mol. The summed E-state index contributed by atoms with van der Waals surface area (Å²) < 4.78 is 0. The molecule has 4 aromatic carbocycles. The van der Waals surface area contributed by atoms with Gasteiger partial charge in [-0.15, -0.1) is 0 Å². The normalized spacial score (nSPS) is 16.2. The monoisotopic (exact) mass is 1670 g/mol. The largest absolute Gasteiger partial charge is 0.370 e. The lowest BCUT2D eigenvalue weighted by Crippen LogP contribution is -2.61. The van der Waals surface area contributed by atoms with Crippen molar-refractivity contribution >= 4 is 122 Å². The second-order valence-corrected chi connectivity index (χ2v) is 31.4. The maximum absolute atomic E-state index is 15.6. The Morgan fingerprint density at radius 2 is 0.941 bits per heavy atom. The predicted molar refractivity (Wildman–Crippen MR) is 448 cm³/mol. The molecule has 119 heavy (non-hydrogen) atoms. The summed E-state index contributed by atoms with van der Waals surface area (Å²) in [7, 11) is 0. The third kappa shape index (κ3) is 25.0. The van der Waals surface area contributed by atoms with Gasteiger partial charge in [-0.1, -0.05) is 136 Å². The van der Waals surface area contributed by atoms with Crippen LogP contribution >= 0.6 is 23.2 Å². The van der Waals surface area contributed by atoms with Gasteiger partial charge in [0.1, 0.15) is 66.5 Å². The maximum Gasteiger partial charge on any atom is 0.253 e. The minimum atomic E-state index is -1.88. The van der Waals surface area contributed by atoms with Crippen molar-refractivity contribution in [3.63, 3.8) is 0 Å². The van der Waals surface area contributed by atoms with Crippen LogP contribution < -0.4 is 65.1 Å². The van der Waals surface area contributed by atoms with E-state index in [2.05, 4.69) is 67.8 Å². The Morgan fingerprint density at radius 1 is 0.471 bits per heavy atom.